The first kappa shape index (κ1) is 14.0. The number of hydrogen-bond donors (Lipinski definition) is 1. The van der Waals surface area contributed by atoms with E-state index in [-0.39, 0.29) is 6.10 Å². The van der Waals surface area contributed by atoms with E-state index < -0.39 is 5.97 Å². The topological polar surface area (TPSA) is 79.5 Å². The maximum atomic E-state index is 10.7. The lowest BCUT2D eigenvalue weighted by atomic mass is 10.2. The van der Waals surface area contributed by atoms with Gasteiger partial charge in [0.2, 0.25) is 0 Å². The number of rotatable bonds is 3. The average Bonchev–Trinajstić information content (AvgIpc) is 2.15. The number of hydrogen-bond acceptors (Lipinski definition) is 5. The summed E-state index contributed by atoms with van der Waals surface area (Å²) in [5.41, 5.74) is 0.338. The number of esters is 1. The molecule has 0 bridgehead atoms. The lowest BCUT2D eigenvalue weighted by molar-refractivity contribution is -0.137. The third kappa shape index (κ3) is 6.84. The Balaban J connectivity index is 0. The van der Waals surface area contributed by atoms with Gasteiger partial charge in [0.25, 0.3) is 6.26 Å². The van der Waals surface area contributed by atoms with E-state index in [1.807, 2.05) is 0 Å². The van der Waals surface area contributed by atoms with E-state index in [1.165, 1.54) is 14.2 Å². The molecule has 0 aliphatic carbocycles. The second kappa shape index (κ2) is 8.56. The van der Waals surface area contributed by atoms with E-state index >= 15 is 0 Å². The summed E-state index contributed by atoms with van der Waals surface area (Å²) in [4.78, 5) is 10.7. The second-order valence-corrected chi connectivity index (χ2v) is 1.99. The van der Waals surface area contributed by atoms with Crippen LogP contribution in [0.25, 0.3) is 0 Å². The first-order chi connectivity index (χ1) is 6.04. The van der Waals surface area contributed by atoms with Crippen LogP contribution in [-0.4, -0.2) is 31.4 Å². The van der Waals surface area contributed by atoms with Gasteiger partial charge in [0.15, 0.2) is 0 Å². The molecule has 0 aromatic rings. The number of nitrogens with zero attached hydrogens (tertiary/aromatic N) is 1. The van der Waals surface area contributed by atoms with Crippen LogP contribution < -0.4 is 0 Å². The van der Waals surface area contributed by atoms with Crippen LogP contribution in [0.4, 0.5) is 0 Å². The molecule has 0 heterocycles. The van der Waals surface area contributed by atoms with Gasteiger partial charge < -0.3 is 14.6 Å². The molecule has 0 spiro atoms. The molecule has 0 rings (SSSR count). The van der Waals surface area contributed by atoms with Gasteiger partial charge in [-0.2, -0.15) is 5.26 Å². The Morgan fingerprint density at radius 3 is 2.23 bits per heavy atom. The number of nitriles is 1. The van der Waals surface area contributed by atoms with Gasteiger partial charge in [-0.15, -0.1) is 0 Å². The highest BCUT2D eigenvalue weighted by molar-refractivity contribution is 5.88. The summed E-state index contributed by atoms with van der Waals surface area (Å²) in [5.74, 6) is -0.422. The van der Waals surface area contributed by atoms with Gasteiger partial charge in [0.1, 0.15) is 0 Å². The first-order valence-electron chi connectivity index (χ1n) is 3.38. The van der Waals surface area contributed by atoms with Crippen LogP contribution in [0, 0.1) is 11.5 Å². The monoisotopic (exact) mass is 187 g/mol. The fourth-order valence-corrected chi connectivity index (χ4v) is 0.439. The van der Waals surface area contributed by atoms with Crippen molar-refractivity contribution in [2.45, 2.75) is 13.0 Å². The highest BCUT2D eigenvalue weighted by Gasteiger charge is 2.13. The Kier molecular flexibility index (Phi) is 9.22. The number of carbonyl (C=O) groups is 1. The van der Waals surface area contributed by atoms with E-state index in [0.29, 0.717) is 5.57 Å². The van der Waals surface area contributed by atoms with Crippen LogP contribution >= 0.6 is 0 Å². The lowest BCUT2D eigenvalue weighted by Crippen LogP contribution is -2.16. The van der Waals surface area contributed by atoms with Gasteiger partial charge in [0.05, 0.1) is 18.8 Å². The molecule has 5 nitrogen and oxygen atoms in total. The predicted molar refractivity (Wildman–Crippen MR) is 45.2 cm³/mol. The van der Waals surface area contributed by atoms with Crippen molar-refractivity contribution < 1.29 is 19.4 Å². The summed E-state index contributed by atoms with van der Waals surface area (Å²) in [7, 11) is 2.83. The van der Waals surface area contributed by atoms with Gasteiger partial charge in [-0.05, 0) is 6.92 Å². The van der Waals surface area contributed by atoms with Gasteiger partial charge in [-0.25, -0.2) is 4.79 Å². The summed E-state index contributed by atoms with van der Waals surface area (Å²) < 4.78 is 9.25. The van der Waals surface area contributed by atoms with Crippen LogP contribution in [0.15, 0.2) is 12.2 Å². The molecule has 5 heteroatoms. The summed E-state index contributed by atoms with van der Waals surface area (Å²) in [6.45, 7) is 5.23. The highest BCUT2D eigenvalue weighted by atomic mass is 16.5. The van der Waals surface area contributed by atoms with Crippen molar-refractivity contribution >= 4 is 5.97 Å². The maximum absolute atomic E-state index is 10.7. The van der Waals surface area contributed by atoms with E-state index in [4.69, 9.17) is 15.1 Å². The molecule has 13 heavy (non-hydrogen) atoms. The third-order valence-electron chi connectivity index (χ3n) is 1.29. The molecule has 1 unspecified atom stereocenters. The molecule has 0 saturated carbocycles. The fourth-order valence-electron chi connectivity index (χ4n) is 0.439. The molecule has 0 fully saturated rings. The van der Waals surface area contributed by atoms with E-state index in [0.717, 1.165) is 6.26 Å². The van der Waals surface area contributed by atoms with Crippen molar-refractivity contribution in [3.05, 3.63) is 12.2 Å². The van der Waals surface area contributed by atoms with Crippen molar-refractivity contribution in [3.8, 4) is 6.26 Å². The Hall–Kier alpha value is -1.54. The van der Waals surface area contributed by atoms with Gasteiger partial charge in [-0.1, -0.05) is 6.58 Å². The number of ether oxygens (including phenoxy) is 2. The largest absolute Gasteiger partial charge is 0.466 e. The third-order valence-corrected chi connectivity index (χ3v) is 1.29. The Bertz CT molecular complexity index is 207. The zero-order valence-corrected chi connectivity index (χ0v) is 7.90. The number of carbonyl (C=O) groups excluding carboxylic acids is 1. The van der Waals surface area contributed by atoms with Crippen LogP contribution in [0.5, 0.6) is 0 Å². The van der Waals surface area contributed by atoms with Crippen LogP contribution in [0.3, 0.4) is 0 Å². The van der Waals surface area contributed by atoms with Crippen LogP contribution in [0.2, 0.25) is 0 Å². The van der Waals surface area contributed by atoms with Crippen molar-refractivity contribution in [3.63, 3.8) is 0 Å². The molecule has 0 saturated heterocycles. The normalized spacial score (nSPS) is 10.0. The molecule has 0 aromatic heterocycles. The lowest BCUT2D eigenvalue weighted by Gasteiger charge is -2.09. The molecule has 0 radical (unpaired) electrons. The maximum Gasteiger partial charge on any atom is 0.335 e. The molecule has 74 valence electrons. The minimum atomic E-state index is -0.422. The Labute approximate surface area is 77.2 Å². The molecule has 1 N–H and O–H groups in total. The van der Waals surface area contributed by atoms with Crippen molar-refractivity contribution in [1.82, 2.24) is 0 Å². The molecule has 0 amide bonds. The summed E-state index contributed by atoms with van der Waals surface area (Å²) >= 11 is 0. The SMILES string of the molecule is C=C(C(=O)OC)C(C)OC.N#CO. The number of aliphatic hydroxyl groups is 1. The van der Waals surface area contributed by atoms with E-state index in [1.54, 1.807) is 6.92 Å². The minimum Gasteiger partial charge on any atom is -0.466 e. The quantitative estimate of drug-likeness (QED) is 0.397. The molecular weight excluding hydrogens is 174 g/mol. The fraction of sp³-hybridized carbons (Fsp3) is 0.500. The Morgan fingerprint density at radius 2 is 2.00 bits per heavy atom. The smallest absolute Gasteiger partial charge is 0.335 e. The zero-order valence-electron chi connectivity index (χ0n) is 7.90. The van der Waals surface area contributed by atoms with Crippen LogP contribution in [0.1, 0.15) is 6.92 Å². The first-order valence-corrected chi connectivity index (χ1v) is 3.38. The molecule has 1 atom stereocenters. The number of methoxy groups -OCH3 is 2. The van der Waals surface area contributed by atoms with Crippen molar-refractivity contribution in [2.75, 3.05) is 14.2 Å². The molecule has 0 aliphatic rings. The van der Waals surface area contributed by atoms with Crippen molar-refractivity contribution in [1.29, 1.82) is 5.26 Å². The molecular formula is C8H13NO4. The van der Waals surface area contributed by atoms with Gasteiger partial charge in [0, 0.05) is 7.11 Å². The zero-order chi connectivity index (χ0) is 10.9. The minimum absolute atomic E-state index is 0.271. The average molecular weight is 187 g/mol. The highest BCUT2D eigenvalue weighted by Crippen LogP contribution is 2.03. The summed E-state index contributed by atoms with van der Waals surface area (Å²) in [6.07, 6.45) is 0.479. The predicted octanol–water partition coefficient (Wildman–Crippen LogP) is 0.590. The number of aliphatic hydroxyl groups excluding tert-OH is 1. The summed E-state index contributed by atoms with van der Waals surface area (Å²) in [5, 5.41) is 13.8. The van der Waals surface area contributed by atoms with E-state index in [9.17, 15) is 4.79 Å². The standard InChI is InChI=1S/C7H12O3.CHNO/c1-5(6(2)9-3)7(8)10-4;2-1-3/h6H,1H2,2-4H3;3H. The van der Waals surface area contributed by atoms with Crippen LogP contribution in [-0.2, 0) is 14.3 Å². The molecule has 0 aromatic carbocycles. The summed E-state index contributed by atoms with van der Waals surface area (Å²) in [6, 6.07) is 0. The van der Waals surface area contributed by atoms with Gasteiger partial charge in [-0.3, -0.25) is 0 Å². The molecule has 0 aliphatic heterocycles. The van der Waals surface area contributed by atoms with Gasteiger partial charge >= 0.3 is 5.97 Å². The van der Waals surface area contributed by atoms with Crippen molar-refractivity contribution in [2.24, 2.45) is 0 Å². The Morgan fingerprint density at radius 1 is 1.62 bits per heavy atom. The van der Waals surface area contributed by atoms with E-state index in [2.05, 4.69) is 11.3 Å². The second-order valence-electron chi connectivity index (χ2n) is 1.99.